The Morgan fingerprint density at radius 1 is 0.964 bits per heavy atom. The topological polar surface area (TPSA) is 76.1 Å². The normalized spacial score (nSPS) is 11.0. The Morgan fingerprint density at radius 2 is 1.61 bits per heavy atom. The van der Waals surface area contributed by atoms with Crippen molar-refractivity contribution in [3.63, 3.8) is 0 Å². The first-order valence-corrected chi connectivity index (χ1v) is 8.11. The number of alkyl halides is 3. The largest absolute Gasteiger partial charge is 0.573 e. The summed E-state index contributed by atoms with van der Waals surface area (Å²) in [5, 5.41) is 5.58. The molecule has 144 valence electrons. The molecule has 2 N–H and O–H groups in total. The van der Waals surface area contributed by atoms with Crippen LogP contribution in [-0.2, 0) is 0 Å². The fourth-order valence-corrected chi connectivity index (χ4v) is 2.28. The molecule has 0 atom stereocenters. The van der Waals surface area contributed by atoms with E-state index in [-0.39, 0.29) is 17.5 Å². The second-order valence-corrected chi connectivity index (χ2v) is 5.81. The van der Waals surface area contributed by atoms with Crippen LogP contribution < -0.4 is 15.4 Å². The van der Waals surface area contributed by atoms with Gasteiger partial charge in [-0.15, -0.1) is 13.2 Å². The number of amides is 1. The van der Waals surface area contributed by atoms with Crippen molar-refractivity contribution in [1.82, 2.24) is 9.97 Å². The summed E-state index contributed by atoms with van der Waals surface area (Å²) in [5.41, 5.74) is 2.01. The van der Waals surface area contributed by atoms with Crippen molar-refractivity contribution in [3.05, 3.63) is 72.1 Å². The van der Waals surface area contributed by atoms with Crippen LogP contribution in [-0.4, -0.2) is 22.2 Å². The lowest BCUT2D eigenvalue weighted by molar-refractivity contribution is -0.274. The Kier molecular flexibility index (Phi) is 5.44. The molecule has 0 aliphatic rings. The minimum absolute atomic E-state index is 0.278. The Bertz CT molecular complexity index is 958. The van der Waals surface area contributed by atoms with E-state index >= 15 is 0 Å². The third kappa shape index (κ3) is 5.44. The van der Waals surface area contributed by atoms with Gasteiger partial charge in [-0.2, -0.15) is 0 Å². The number of carbonyl (C=O) groups is 1. The average Bonchev–Trinajstić information content (AvgIpc) is 2.63. The highest BCUT2D eigenvalue weighted by Gasteiger charge is 2.30. The predicted molar refractivity (Wildman–Crippen MR) is 97.6 cm³/mol. The number of benzene rings is 2. The van der Waals surface area contributed by atoms with E-state index < -0.39 is 6.36 Å². The van der Waals surface area contributed by atoms with Crippen molar-refractivity contribution in [3.8, 4) is 5.75 Å². The Balaban J connectivity index is 1.66. The van der Waals surface area contributed by atoms with Crippen LogP contribution in [0.4, 0.5) is 30.5 Å². The zero-order valence-corrected chi connectivity index (χ0v) is 14.6. The number of carbonyl (C=O) groups excluding carboxylic acids is 1. The maximum absolute atomic E-state index is 12.2. The number of aromatic nitrogens is 2. The van der Waals surface area contributed by atoms with Crippen molar-refractivity contribution in [2.75, 3.05) is 10.6 Å². The summed E-state index contributed by atoms with van der Waals surface area (Å²) in [7, 11) is 0. The van der Waals surface area contributed by atoms with Crippen LogP contribution in [0.15, 0.2) is 60.9 Å². The van der Waals surface area contributed by atoms with E-state index in [0.717, 1.165) is 5.56 Å². The van der Waals surface area contributed by atoms with Crippen LogP contribution in [0.5, 0.6) is 5.75 Å². The monoisotopic (exact) mass is 388 g/mol. The maximum Gasteiger partial charge on any atom is 0.573 e. The first-order chi connectivity index (χ1) is 13.3. The molecular weight excluding hydrogens is 373 g/mol. The van der Waals surface area contributed by atoms with Gasteiger partial charge >= 0.3 is 6.36 Å². The molecule has 0 saturated carbocycles. The summed E-state index contributed by atoms with van der Waals surface area (Å²) in [5.74, 6) is -0.0103. The highest BCUT2D eigenvalue weighted by Crippen LogP contribution is 2.25. The summed E-state index contributed by atoms with van der Waals surface area (Å²) in [4.78, 5) is 20.3. The third-order valence-electron chi connectivity index (χ3n) is 3.58. The standard InChI is InChI=1S/C19H15F3N4O2/c1-12-2-4-13(5-3-12)18(27)26-17-10-16(23-11-24-17)25-14-6-8-15(9-7-14)28-19(20,21)22/h2-11H,1H3,(H2,23,24,25,26,27). The van der Waals surface area contributed by atoms with Gasteiger partial charge in [0.2, 0.25) is 0 Å². The first-order valence-electron chi connectivity index (χ1n) is 8.11. The molecule has 1 heterocycles. The second kappa shape index (κ2) is 7.95. The number of ether oxygens (including phenoxy) is 1. The fraction of sp³-hybridized carbons (Fsp3) is 0.105. The number of nitrogens with zero attached hydrogens (tertiary/aromatic N) is 2. The Labute approximate surface area is 158 Å². The van der Waals surface area contributed by atoms with Crippen LogP contribution in [0.25, 0.3) is 0 Å². The van der Waals surface area contributed by atoms with E-state index in [4.69, 9.17) is 0 Å². The van der Waals surface area contributed by atoms with Gasteiger partial charge in [0.05, 0.1) is 0 Å². The molecule has 0 fully saturated rings. The molecule has 9 heteroatoms. The van der Waals surface area contributed by atoms with Gasteiger partial charge in [-0.3, -0.25) is 4.79 Å². The van der Waals surface area contributed by atoms with Crippen molar-refractivity contribution in [2.24, 2.45) is 0 Å². The number of nitrogens with one attached hydrogen (secondary N) is 2. The average molecular weight is 388 g/mol. The van der Waals surface area contributed by atoms with Crippen molar-refractivity contribution in [2.45, 2.75) is 13.3 Å². The number of rotatable bonds is 5. The molecule has 3 aromatic rings. The minimum atomic E-state index is -4.74. The van der Waals surface area contributed by atoms with Gasteiger partial charge in [-0.05, 0) is 43.3 Å². The number of aryl methyl sites for hydroxylation is 1. The van der Waals surface area contributed by atoms with Crippen molar-refractivity contribution < 1.29 is 22.7 Å². The van der Waals surface area contributed by atoms with Gasteiger partial charge < -0.3 is 15.4 Å². The summed E-state index contributed by atoms with van der Waals surface area (Å²) < 4.78 is 40.4. The Hall–Kier alpha value is -3.62. The minimum Gasteiger partial charge on any atom is -0.406 e. The highest BCUT2D eigenvalue weighted by atomic mass is 19.4. The number of hydrogen-bond donors (Lipinski definition) is 2. The zero-order valence-electron chi connectivity index (χ0n) is 14.6. The maximum atomic E-state index is 12.2. The molecule has 6 nitrogen and oxygen atoms in total. The summed E-state index contributed by atoms with van der Waals surface area (Å²) in [6, 6.07) is 13.7. The summed E-state index contributed by atoms with van der Waals surface area (Å²) >= 11 is 0. The third-order valence-corrected chi connectivity index (χ3v) is 3.58. The van der Waals surface area contributed by atoms with Gasteiger partial charge in [-0.1, -0.05) is 17.7 Å². The van der Waals surface area contributed by atoms with Gasteiger partial charge in [0.15, 0.2) is 0 Å². The molecule has 0 aliphatic heterocycles. The smallest absolute Gasteiger partial charge is 0.406 e. The van der Waals surface area contributed by atoms with Crippen LogP contribution in [0.1, 0.15) is 15.9 Å². The van der Waals surface area contributed by atoms with E-state index in [1.807, 2.05) is 19.1 Å². The lowest BCUT2D eigenvalue weighted by atomic mass is 10.1. The van der Waals surface area contributed by atoms with Crippen molar-refractivity contribution >= 4 is 23.2 Å². The fourth-order valence-electron chi connectivity index (χ4n) is 2.28. The molecule has 0 aliphatic carbocycles. The number of anilines is 3. The van der Waals surface area contributed by atoms with E-state index in [1.54, 1.807) is 12.1 Å². The number of hydrogen-bond acceptors (Lipinski definition) is 5. The molecule has 3 rings (SSSR count). The summed E-state index contributed by atoms with van der Waals surface area (Å²) in [6.45, 7) is 1.92. The van der Waals surface area contributed by atoms with Crippen LogP contribution >= 0.6 is 0 Å². The molecule has 0 unspecified atom stereocenters. The van der Waals surface area contributed by atoms with E-state index in [1.165, 1.54) is 36.7 Å². The first kappa shape index (κ1) is 19.2. The van der Waals surface area contributed by atoms with E-state index in [9.17, 15) is 18.0 Å². The molecule has 28 heavy (non-hydrogen) atoms. The van der Waals surface area contributed by atoms with Crippen LogP contribution in [0, 0.1) is 6.92 Å². The molecule has 0 bridgehead atoms. The lowest BCUT2D eigenvalue weighted by Gasteiger charge is -2.10. The highest BCUT2D eigenvalue weighted by molar-refractivity contribution is 6.03. The van der Waals surface area contributed by atoms with Crippen molar-refractivity contribution in [1.29, 1.82) is 0 Å². The quantitative estimate of drug-likeness (QED) is 0.664. The van der Waals surface area contributed by atoms with Gasteiger partial charge in [0, 0.05) is 17.3 Å². The van der Waals surface area contributed by atoms with Gasteiger partial charge in [0.25, 0.3) is 5.91 Å². The molecule has 1 amide bonds. The lowest BCUT2D eigenvalue weighted by Crippen LogP contribution is -2.17. The molecule has 1 aromatic heterocycles. The van der Waals surface area contributed by atoms with E-state index in [2.05, 4.69) is 25.3 Å². The summed E-state index contributed by atoms with van der Waals surface area (Å²) in [6.07, 6.45) is -3.49. The van der Waals surface area contributed by atoms with Gasteiger partial charge in [-0.25, -0.2) is 9.97 Å². The number of halogens is 3. The van der Waals surface area contributed by atoms with E-state index in [0.29, 0.717) is 17.1 Å². The molecule has 0 spiro atoms. The predicted octanol–water partition coefficient (Wildman–Crippen LogP) is 4.68. The SMILES string of the molecule is Cc1ccc(C(=O)Nc2cc(Nc3ccc(OC(F)(F)F)cc3)ncn2)cc1. The molecular formula is C19H15F3N4O2. The molecule has 0 saturated heterocycles. The zero-order chi connectivity index (χ0) is 20.1. The molecule has 2 aromatic carbocycles. The van der Waals surface area contributed by atoms with Crippen LogP contribution in [0.3, 0.4) is 0 Å². The second-order valence-electron chi connectivity index (χ2n) is 5.81. The molecule has 0 radical (unpaired) electrons. The Morgan fingerprint density at radius 3 is 2.25 bits per heavy atom. The van der Waals surface area contributed by atoms with Gasteiger partial charge in [0.1, 0.15) is 23.7 Å². The van der Waals surface area contributed by atoms with Crippen LogP contribution in [0.2, 0.25) is 0 Å².